The Balaban J connectivity index is 1.93. The van der Waals surface area contributed by atoms with Gasteiger partial charge in [-0.25, -0.2) is 9.69 Å². The highest BCUT2D eigenvalue weighted by Crippen LogP contribution is 2.24. The first-order valence-electron chi connectivity index (χ1n) is 5.81. The third-order valence-corrected chi connectivity index (χ3v) is 3.86. The largest absolute Gasteiger partial charge is 0.333 e. The second-order valence-electron chi connectivity index (χ2n) is 4.12. The Morgan fingerprint density at radius 3 is 2.55 bits per heavy atom. The molecule has 0 spiro atoms. The minimum absolute atomic E-state index is 0.271. The molecule has 1 N–H and O–H groups in total. The Morgan fingerprint density at radius 1 is 1.15 bits per heavy atom. The molecule has 0 bridgehead atoms. The van der Waals surface area contributed by atoms with Crippen molar-refractivity contribution in [3.8, 4) is 0 Å². The van der Waals surface area contributed by atoms with Crippen LogP contribution in [0, 0.1) is 0 Å². The second kappa shape index (κ2) is 5.11. The molecular weight excluding hydrogens is 296 g/mol. The van der Waals surface area contributed by atoms with Crippen LogP contribution in [-0.2, 0) is 4.79 Å². The van der Waals surface area contributed by atoms with Crippen molar-refractivity contribution >= 4 is 46.6 Å². The van der Waals surface area contributed by atoms with Gasteiger partial charge in [0.25, 0.3) is 5.91 Å². The number of benzene rings is 1. The van der Waals surface area contributed by atoms with Crippen LogP contribution in [0.1, 0.15) is 4.88 Å². The Labute approximate surface area is 124 Å². The minimum atomic E-state index is -0.458. The highest BCUT2D eigenvalue weighted by molar-refractivity contribution is 7.10. The lowest BCUT2D eigenvalue weighted by Gasteiger charge is -2.11. The summed E-state index contributed by atoms with van der Waals surface area (Å²) in [4.78, 5) is 26.2. The van der Waals surface area contributed by atoms with Crippen LogP contribution in [0.15, 0.2) is 47.5 Å². The van der Waals surface area contributed by atoms with Crippen LogP contribution in [0.25, 0.3) is 6.08 Å². The first kappa shape index (κ1) is 12.9. The highest BCUT2D eigenvalue weighted by atomic mass is 35.5. The summed E-state index contributed by atoms with van der Waals surface area (Å²) in [5.74, 6) is -0.370. The van der Waals surface area contributed by atoms with Crippen molar-refractivity contribution in [1.82, 2.24) is 5.32 Å². The lowest BCUT2D eigenvalue weighted by atomic mass is 10.3. The molecule has 2 aromatic rings. The van der Waals surface area contributed by atoms with Crippen molar-refractivity contribution in [2.45, 2.75) is 0 Å². The van der Waals surface area contributed by atoms with E-state index in [0.29, 0.717) is 10.7 Å². The van der Waals surface area contributed by atoms with Crippen molar-refractivity contribution < 1.29 is 9.59 Å². The number of halogens is 1. The molecule has 0 radical (unpaired) electrons. The van der Waals surface area contributed by atoms with E-state index >= 15 is 0 Å². The van der Waals surface area contributed by atoms with Gasteiger partial charge in [-0.1, -0.05) is 17.7 Å². The van der Waals surface area contributed by atoms with Gasteiger partial charge in [-0.05, 0) is 41.8 Å². The van der Waals surface area contributed by atoms with E-state index in [1.165, 1.54) is 11.3 Å². The topological polar surface area (TPSA) is 49.4 Å². The number of anilines is 1. The van der Waals surface area contributed by atoms with Crippen LogP contribution in [0.3, 0.4) is 0 Å². The normalized spacial score (nSPS) is 16.9. The molecule has 2 heterocycles. The Kier molecular flexibility index (Phi) is 3.30. The fraction of sp³-hybridized carbons (Fsp3) is 0. The number of carbonyl (C=O) groups is 2. The monoisotopic (exact) mass is 304 g/mol. The Hall–Kier alpha value is -2.11. The number of imide groups is 1. The molecule has 3 amide bonds. The third-order valence-electron chi connectivity index (χ3n) is 2.79. The average molecular weight is 305 g/mol. The highest BCUT2D eigenvalue weighted by Gasteiger charge is 2.34. The van der Waals surface area contributed by atoms with Crippen molar-refractivity contribution in [1.29, 1.82) is 0 Å². The van der Waals surface area contributed by atoms with E-state index in [4.69, 9.17) is 11.6 Å². The molecule has 0 atom stereocenters. The number of thiophene rings is 1. The zero-order valence-corrected chi connectivity index (χ0v) is 11.7. The van der Waals surface area contributed by atoms with Crippen LogP contribution < -0.4 is 10.2 Å². The van der Waals surface area contributed by atoms with E-state index in [9.17, 15) is 9.59 Å². The van der Waals surface area contributed by atoms with E-state index < -0.39 is 6.03 Å². The zero-order valence-electron chi connectivity index (χ0n) is 10.2. The number of nitrogens with zero attached hydrogens (tertiary/aromatic N) is 1. The number of urea groups is 1. The molecule has 0 unspecified atom stereocenters. The molecule has 100 valence electrons. The summed E-state index contributed by atoms with van der Waals surface area (Å²) >= 11 is 7.30. The fourth-order valence-corrected chi connectivity index (χ4v) is 2.66. The molecule has 3 rings (SSSR count). The molecule has 1 aliphatic rings. The smallest absolute Gasteiger partial charge is 0.302 e. The summed E-state index contributed by atoms with van der Waals surface area (Å²) in [6, 6.07) is 9.84. The molecule has 20 heavy (non-hydrogen) atoms. The summed E-state index contributed by atoms with van der Waals surface area (Å²) in [5, 5.41) is 5.04. The second-order valence-corrected chi connectivity index (χ2v) is 5.54. The van der Waals surface area contributed by atoms with Crippen molar-refractivity contribution in [3.05, 3.63) is 57.4 Å². The van der Waals surface area contributed by atoms with Gasteiger partial charge in [-0.3, -0.25) is 4.79 Å². The van der Waals surface area contributed by atoms with Gasteiger partial charge < -0.3 is 5.32 Å². The number of amides is 3. The molecule has 1 saturated heterocycles. The maximum absolute atomic E-state index is 12.3. The van der Waals surface area contributed by atoms with Gasteiger partial charge in [0, 0.05) is 9.90 Å². The number of hydrogen-bond donors (Lipinski definition) is 1. The molecule has 1 aliphatic heterocycles. The van der Waals surface area contributed by atoms with Crippen LogP contribution >= 0.6 is 22.9 Å². The summed E-state index contributed by atoms with van der Waals surface area (Å²) in [7, 11) is 0. The summed E-state index contributed by atoms with van der Waals surface area (Å²) in [6.45, 7) is 0. The molecule has 1 aromatic heterocycles. The van der Waals surface area contributed by atoms with Crippen LogP contribution in [0.2, 0.25) is 5.02 Å². The van der Waals surface area contributed by atoms with Crippen LogP contribution in [0.5, 0.6) is 0 Å². The van der Waals surface area contributed by atoms with Crippen LogP contribution in [-0.4, -0.2) is 11.9 Å². The maximum Gasteiger partial charge on any atom is 0.333 e. The van der Waals surface area contributed by atoms with Gasteiger partial charge in [0.05, 0.1) is 5.69 Å². The molecule has 4 nitrogen and oxygen atoms in total. The molecule has 0 aliphatic carbocycles. The molecule has 0 saturated carbocycles. The standard InChI is InChI=1S/C14H9ClN2O2S/c15-9-3-5-10(6-4-9)17-13(18)12(16-14(17)19)8-11-2-1-7-20-11/h1-8H,(H,16,19)/b12-8+. The van der Waals surface area contributed by atoms with E-state index in [1.807, 2.05) is 17.5 Å². The first-order valence-corrected chi connectivity index (χ1v) is 7.07. The van der Waals surface area contributed by atoms with Gasteiger partial charge in [-0.2, -0.15) is 0 Å². The number of hydrogen-bond acceptors (Lipinski definition) is 3. The fourth-order valence-electron chi connectivity index (χ4n) is 1.88. The Bertz CT molecular complexity index is 692. The van der Waals surface area contributed by atoms with E-state index in [-0.39, 0.29) is 11.6 Å². The van der Waals surface area contributed by atoms with E-state index in [1.54, 1.807) is 30.3 Å². The van der Waals surface area contributed by atoms with Crippen molar-refractivity contribution in [3.63, 3.8) is 0 Å². The minimum Gasteiger partial charge on any atom is -0.302 e. The number of rotatable bonds is 2. The zero-order chi connectivity index (χ0) is 14.1. The summed E-state index contributed by atoms with van der Waals surface area (Å²) < 4.78 is 0. The van der Waals surface area contributed by atoms with Gasteiger partial charge in [0.15, 0.2) is 0 Å². The molecule has 1 fully saturated rings. The van der Waals surface area contributed by atoms with Crippen molar-refractivity contribution in [2.75, 3.05) is 4.90 Å². The molecular formula is C14H9ClN2O2S. The number of nitrogens with one attached hydrogen (secondary N) is 1. The number of carbonyl (C=O) groups excluding carboxylic acids is 2. The van der Waals surface area contributed by atoms with Crippen molar-refractivity contribution in [2.24, 2.45) is 0 Å². The summed E-state index contributed by atoms with van der Waals surface area (Å²) in [6.07, 6.45) is 1.67. The lowest BCUT2D eigenvalue weighted by molar-refractivity contribution is -0.113. The third kappa shape index (κ3) is 2.33. The first-order chi connectivity index (χ1) is 9.65. The quantitative estimate of drug-likeness (QED) is 0.682. The molecule has 6 heteroatoms. The SMILES string of the molecule is O=C1N/C(=C/c2cccs2)C(=O)N1c1ccc(Cl)cc1. The average Bonchev–Trinajstić information content (AvgIpc) is 3.02. The predicted octanol–water partition coefficient (Wildman–Crippen LogP) is 3.50. The van der Waals surface area contributed by atoms with Gasteiger partial charge in [-0.15, -0.1) is 11.3 Å². The van der Waals surface area contributed by atoms with E-state index in [0.717, 1.165) is 9.78 Å². The lowest BCUT2D eigenvalue weighted by Crippen LogP contribution is -2.30. The molecule has 1 aromatic carbocycles. The maximum atomic E-state index is 12.3. The summed E-state index contributed by atoms with van der Waals surface area (Å²) in [5.41, 5.74) is 0.763. The Morgan fingerprint density at radius 2 is 1.90 bits per heavy atom. The predicted molar refractivity (Wildman–Crippen MR) is 79.8 cm³/mol. The van der Waals surface area contributed by atoms with Gasteiger partial charge in [0.1, 0.15) is 5.70 Å². The van der Waals surface area contributed by atoms with E-state index in [2.05, 4.69) is 5.32 Å². The van der Waals surface area contributed by atoms with Gasteiger partial charge in [0.2, 0.25) is 0 Å². The van der Waals surface area contributed by atoms with Gasteiger partial charge >= 0.3 is 6.03 Å². The van der Waals surface area contributed by atoms with Crippen LogP contribution in [0.4, 0.5) is 10.5 Å².